The van der Waals surface area contributed by atoms with E-state index in [1.54, 1.807) is 11.3 Å². The highest BCUT2D eigenvalue weighted by Gasteiger charge is 2.09. The van der Waals surface area contributed by atoms with Crippen LogP contribution in [0.2, 0.25) is 0 Å². The van der Waals surface area contributed by atoms with Crippen molar-refractivity contribution in [1.82, 2.24) is 5.32 Å². The van der Waals surface area contributed by atoms with Crippen molar-refractivity contribution in [2.75, 3.05) is 6.54 Å². The molecular weight excluding hydrogens is 196 g/mol. The molecule has 1 heterocycles. The Labute approximate surface area is 88.3 Å². The molecule has 0 aliphatic rings. The highest BCUT2D eigenvalue weighted by atomic mass is 32.1. The zero-order valence-electron chi connectivity index (χ0n) is 8.32. The fourth-order valence-electron chi connectivity index (χ4n) is 1.19. The van der Waals surface area contributed by atoms with E-state index in [1.165, 1.54) is 4.88 Å². The Morgan fingerprint density at radius 2 is 2.50 bits per heavy atom. The maximum Gasteiger partial charge on any atom is 0.220 e. The number of nitrogens with one attached hydrogen (secondary N) is 1. The topological polar surface area (TPSA) is 55.1 Å². The van der Waals surface area contributed by atoms with Crippen LogP contribution < -0.4 is 11.1 Å². The summed E-state index contributed by atoms with van der Waals surface area (Å²) in [4.78, 5) is 12.5. The molecule has 0 spiro atoms. The van der Waals surface area contributed by atoms with Gasteiger partial charge in [-0.3, -0.25) is 4.79 Å². The van der Waals surface area contributed by atoms with Gasteiger partial charge in [0.15, 0.2) is 0 Å². The molecule has 0 fully saturated rings. The second-order valence-corrected chi connectivity index (χ2v) is 4.18. The van der Waals surface area contributed by atoms with Crippen LogP contribution in [0.4, 0.5) is 0 Å². The van der Waals surface area contributed by atoms with Gasteiger partial charge in [0.1, 0.15) is 0 Å². The minimum atomic E-state index is 0.0800. The molecule has 3 nitrogen and oxygen atoms in total. The van der Waals surface area contributed by atoms with E-state index in [0.717, 1.165) is 6.42 Å². The van der Waals surface area contributed by atoms with E-state index in [9.17, 15) is 4.79 Å². The lowest BCUT2D eigenvalue weighted by atomic mass is 10.2. The first-order valence-electron chi connectivity index (χ1n) is 4.77. The molecule has 3 N–H and O–H groups in total. The van der Waals surface area contributed by atoms with Gasteiger partial charge in [-0.1, -0.05) is 6.07 Å². The Balaban J connectivity index is 2.33. The first-order chi connectivity index (χ1) is 6.74. The Kier molecular flexibility index (Phi) is 4.62. The van der Waals surface area contributed by atoms with Crippen LogP contribution in [0.5, 0.6) is 0 Å². The number of rotatable bonds is 5. The van der Waals surface area contributed by atoms with Crippen LogP contribution in [0, 0.1) is 0 Å². The lowest BCUT2D eigenvalue weighted by molar-refractivity contribution is -0.121. The van der Waals surface area contributed by atoms with Crippen LogP contribution >= 0.6 is 11.3 Å². The summed E-state index contributed by atoms with van der Waals surface area (Å²) in [7, 11) is 0. The lowest BCUT2D eigenvalue weighted by Gasteiger charge is -2.11. The molecular formula is C10H16N2OS. The van der Waals surface area contributed by atoms with Gasteiger partial charge in [0.2, 0.25) is 5.91 Å². The van der Waals surface area contributed by atoms with Gasteiger partial charge in [0, 0.05) is 11.3 Å². The van der Waals surface area contributed by atoms with Crippen molar-refractivity contribution in [2.24, 2.45) is 5.73 Å². The fraction of sp³-hybridized carbons (Fsp3) is 0.500. The number of thiophene rings is 1. The predicted molar refractivity (Wildman–Crippen MR) is 59.2 cm³/mol. The van der Waals surface area contributed by atoms with Gasteiger partial charge in [-0.25, -0.2) is 0 Å². The Bertz CT molecular complexity index is 272. The normalized spacial score (nSPS) is 12.4. The van der Waals surface area contributed by atoms with Gasteiger partial charge in [-0.15, -0.1) is 11.3 Å². The largest absolute Gasteiger partial charge is 0.349 e. The zero-order chi connectivity index (χ0) is 10.4. The Morgan fingerprint density at radius 3 is 3.07 bits per heavy atom. The number of amides is 1. The summed E-state index contributed by atoms with van der Waals surface area (Å²) in [6, 6.07) is 4.13. The molecule has 0 saturated heterocycles. The summed E-state index contributed by atoms with van der Waals surface area (Å²) >= 11 is 1.66. The van der Waals surface area contributed by atoms with E-state index in [-0.39, 0.29) is 11.9 Å². The number of hydrogen-bond acceptors (Lipinski definition) is 3. The van der Waals surface area contributed by atoms with Crippen molar-refractivity contribution in [1.29, 1.82) is 0 Å². The van der Waals surface area contributed by atoms with E-state index >= 15 is 0 Å². The number of carbonyl (C=O) groups excluding carboxylic acids is 1. The lowest BCUT2D eigenvalue weighted by Crippen LogP contribution is -2.26. The van der Waals surface area contributed by atoms with E-state index in [1.807, 2.05) is 24.4 Å². The summed E-state index contributed by atoms with van der Waals surface area (Å²) in [5.74, 6) is 0.0800. The highest BCUT2D eigenvalue weighted by molar-refractivity contribution is 7.10. The number of carbonyl (C=O) groups is 1. The van der Waals surface area contributed by atoms with Crippen molar-refractivity contribution in [3.8, 4) is 0 Å². The maximum atomic E-state index is 11.3. The zero-order valence-corrected chi connectivity index (χ0v) is 9.14. The standard InChI is InChI=1S/C10H16N2OS/c1-8(9-4-3-7-14-9)12-10(13)5-2-6-11/h3-4,7-8H,2,5-6,11H2,1H3,(H,12,13). The van der Waals surface area contributed by atoms with E-state index in [4.69, 9.17) is 5.73 Å². The van der Waals surface area contributed by atoms with Crippen LogP contribution in [0.15, 0.2) is 17.5 Å². The van der Waals surface area contributed by atoms with E-state index in [2.05, 4.69) is 5.32 Å². The summed E-state index contributed by atoms with van der Waals surface area (Å²) < 4.78 is 0. The molecule has 0 aliphatic heterocycles. The average Bonchev–Trinajstić information content (AvgIpc) is 2.67. The molecule has 1 aromatic heterocycles. The van der Waals surface area contributed by atoms with Gasteiger partial charge in [-0.2, -0.15) is 0 Å². The first-order valence-corrected chi connectivity index (χ1v) is 5.65. The van der Waals surface area contributed by atoms with Crippen LogP contribution in [0.1, 0.15) is 30.7 Å². The molecule has 0 bridgehead atoms. The molecule has 0 saturated carbocycles. The third-order valence-corrected chi connectivity index (χ3v) is 3.01. The Morgan fingerprint density at radius 1 is 1.71 bits per heavy atom. The average molecular weight is 212 g/mol. The number of nitrogens with two attached hydrogens (primary N) is 1. The van der Waals surface area contributed by atoms with Crippen LogP contribution in [-0.4, -0.2) is 12.5 Å². The van der Waals surface area contributed by atoms with Gasteiger partial charge < -0.3 is 11.1 Å². The number of hydrogen-bond donors (Lipinski definition) is 2. The Hall–Kier alpha value is -0.870. The van der Waals surface area contributed by atoms with Crippen molar-refractivity contribution in [3.63, 3.8) is 0 Å². The van der Waals surface area contributed by atoms with E-state index < -0.39 is 0 Å². The SMILES string of the molecule is CC(NC(=O)CCCN)c1cccs1. The van der Waals surface area contributed by atoms with Crippen molar-refractivity contribution in [3.05, 3.63) is 22.4 Å². The molecule has 14 heavy (non-hydrogen) atoms. The van der Waals surface area contributed by atoms with Crippen LogP contribution in [-0.2, 0) is 4.79 Å². The van der Waals surface area contributed by atoms with Crippen molar-refractivity contribution in [2.45, 2.75) is 25.8 Å². The fourth-order valence-corrected chi connectivity index (χ4v) is 1.92. The summed E-state index contributed by atoms with van der Waals surface area (Å²) in [6.07, 6.45) is 1.27. The second-order valence-electron chi connectivity index (χ2n) is 3.20. The predicted octanol–water partition coefficient (Wildman–Crippen LogP) is 1.66. The second kappa shape index (κ2) is 5.78. The van der Waals surface area contributed by atoms with Crippen molar-refractivity contribution >= 4 is 17.2 Å². The molecule has 78 valence electrons. The maximum absolute atomic E-state index is 11.3. The first kappa shape index (κ1) is 11.2. The van der Waals surface area contributed by atoms with Gasteiger partial charge in [0.25, 0.3) is 0 Å². The molecule has 1 unspecified atom stereocenters. The highest BCUT2D eigenvalue weighted by Crippen LogP contribution is 2.17. The van der Waals surface area contributed by atoms with Crippen molar-refractivity contribution < 1.29 is 4.79 Å². The minimum Gasteiger partial charge on any atom is -0.349 e. The van der Waals surface area contributed by atoms with Crippen LogP contribution in [0.25, 0.3) is 0 Å². The molecule has 0 aliphatic carbocycles. The molecule has 1 atom stereocenters. The third-order valence-electron chi connectivity index (χ3n) is 1.96. The van der Waals surface area contributed by atoms with Crippen LogP contribution in [0.3, 0.4) is 0 Å². The van der Waals surface area contributed by atoms with E-state index in [0.29, 0.717) is 13.0 Å². The summed E-state index contributed by atoms with van der Waals surface area (Å²) in [5.41, 5.74) is 5.32. The van der Waals surface area contributed by atoms with Gasteiger partial charge >= 0.3 is 0 Å². The quantitative estimate of drug-likeness (QED) is 0.780. The van der Waals surface area contributed by atoms with Gasteiger partial charge in [0.05, 0.1) is 6.04 Å². The minimum absolute atomic E-state index is 0.0800. The molecule has 4 heteroatoms. The molecule has 1 rings (SSSR count). The molecule has 0 radical (unpaired) electrons. The smallest absolute Gasteiger partial charge is 0.220 e. The monoisotopic (exact) mass is 212 g/mol. The third kappa shape index (κ3) is 3.47. The van der Waals surface area contributed by atoms with Gasteiger partial charge in [-0.05, 0) is 31.3 Å². The molecule has 1 aromatic rings. The summed E-state index contributed by atoms with van der Waals surface area (Å²) in [6.45, 7) is 2.56. The molecule has 1 amide bonds. The summed E-state index contributed by atoms with van der Waals surface area (Å²) in [5, 5.41) is 4.94. The molecule has 0 aromatic carbocycles.